The van der Waals surface area contributed by atoms with Crippen molar-refractivity contribution in [2.45, 2.75) is 26.4 Å². The molecule has 0 aliphatic carbocycles. The molecule has 0 radical (unpaired) electrons. The molecule has 0 bridgehead atoms. The highest BCUT2D eigenvalue weighted by Gasteiger charge is 2.08. The van der Waals surface area contributed by atoms with Gasteiger partial charge in [-0.2, -0.15) is 0 Å². The molecule has 1 aromatic carbocycles. The first-order chi connectivity index (χ1) is 6.09. The van der Waals surface area contributed by atoms with Crippen molar-refractivity contribution in [3.63, 3.8) is 0 Å². The van der Waals surface area contributed by atoms with Crippen LogP contribution in [-0.4, -0.2) is 10.2 Å². The summed E-state index contributed by atoms with van der Waals surface area (Å²) in [6, 6.07) is 6.70. The fourth-order valence-electron chi connectivity index (χ4n) is 1.28. The Morgan fingerprint density at radius 1 is 1.15 bits per heavy atom. The first kappa shape index (κ1) is 10.1. The lowest BCUT2D eigenvalue weighted by Gasteiger charge is -2.12. The number of aliphatic hydroxyl groups is 1. The van der Waals surface area contributed by atoms with E-state index in [4.69, 9.17) is 5.11 Å². The summed E-state index contributed by atoms with van der Waals surface area (Å²) in [4.78, 5) is 0. The number of benzene rings is 1. The lowest BCUT2D eigenvalue weighted by atomic mass is 10.00. The molecular weight excluding hydrogens is 164 g/mol. The van der Waals surface area contributed by atoms with E-state index in [9.17, 15) is 5.11 Å². The first-order valence-corrected chi connectivity index (χ1v) is 4.56. The van der Waals surface area contributed by atoms with E-state index >= 15 is 0 Å². The van der Waals surface area contributed by atoms with E-state index < -0.39 is 6.10 Å². The van der Waals surface area contributed by atoms with Gasteiger partial charge in [0.15, 0.2) is 0 Å². The zero-order chi connectivity index (χ0) is 9.84. The molecule has 0 heterocycles. The number of aromatic hydroxyl groups is 1. The second-order valence-electron chi connectivity index (χ2n) is 3.74. The molecule has 72 valence electrons. The van der Waals surface area contributed by atoms with E-state index in [-0.39, 0.29) is 5.75 Å². The lowest BCUT2D eigenvalue weighted by Crippen LogP contribution is -2.01. The fourth-order valence-corrected chi connectivity index (χ4v) is 1.28. The third-order valence-electron chi connectivity index (χ3n) is 1.97. The normalized spacial score (nSPS) is 13.2. The Bertz CT molecular complexity index is 251. The van der Waals surface area contributed by atoms with Crippen LogP contribution in [0.25, 0.3) is 0 Å². The average Bonchev–Trinajstić information content (AvgIpc) is 2.04. The van der Waals surface area contributed by atoms with Gasteiger partial charge < -0.3 is 10.2 Å². The second kappa shape index (κ2) is 4.28. The Morgan fingerprint density at radius 2 is 1.69 bits per heavy atom. The molecule has 1 rings (SSSR count). The molecule has 0 aliphatic heterocycles. The molecule has 0 aliphatic rings. The van der Waals surface area contributed by atoms with Crippen LogP contribution >= 0.6 is 0 Å². The van der Waals surface area contributed by atoms with Gasteiger partial charge in [0.1, 0.15) is 5.75 Å². The number of aliphatic hydroxyl groups excluding tert-OH is 1. The van der Waals surface area contributed by atoms with E-state index in [2.05, 4.69) is 13.8 Å². The standard InChI is InChI=1S/C11H16O2/c1-8(2)7-11(13)9-3-5-10(12)6-4-9/h3-6,8,11-13H,7H2,1-2H3. The predicted molar refractivity (Wildman–Crippen MR) is 52.5 cm³/mol. The van der Waals surface area contributed by atoms with Crippen LogP contribution in [0.3, 0.4) is 0 Å². The highest BCUT2D eigenvalue weighted by atomic mass is 16.3. The van der Waals surface area contributed by atoms with Gasteiger partial charge >= 0.3 is 0 Å². The number of phenolic OH excluding ortho intramolecular Hbond substituents is 1. The topological polar surface area (TPSA) is 40.5 Å². The van der Waals surface area contributed by atoms with Gasteiger partial charge in [0.05, 0.1) is 6.10 Å². The van der Waals surface area contributed by atoms with Gasteiger partial charge in [-0.15, -0.1) is 0 Å². The molecule has 13 heavy (non-hydrogen) atoms. The van der Waals surface area contributed by atoms with Crippen molar-refractivity contribution in [3.8, 4) is 5.75 Å². The minimum Gasteiger partial charge on any atom is -0.508 e. The zero-order valence-electron chi connectivity index (χ0n) is 8.07. The minimum atomic E-state index is -0.416. The van der Waals surface area contributed by atoms with Crippen molar-refractivity contribution < 1.29 is 10.2 Å². The number of hydrogen-bond donors (Lipinski definition) is 2. The fraction of sp³-hybridized carbons (Fsp3) is 0.455. The molecule has 2 N–H and O–H groups in total. The van der Waals surface area contributed by atoms with Gasteiger partial charge in [-0.25, -0.2) is 0 Å². The Hall–Kier alpha value is -1.02. The summed E-state index contributed by atoms with van der Waals surface area (Å²) < 4.78 is 0. The van der Waals surface area contributed by atoms with Crippen LogP contribution < -0.4 is 0 Å². The maximum absolute atomic E-state index is 9.70. The molecule has 0 amide bonds. The van der Waals surface area contributed by atoms with Crippen molar-refractivity contribution >= 4 is 0 Å². The molecule has 2 heteroatoms. The summed E-state index contributed by atoms with van der Waals surface area (Å²) in [5.74, 6) is 0.712. The molecule has 1 atom stereocenters. The van der Waals surface area contributed by atoms with E-state index in [0.717, 1.165) is 12.0 Å². The molecule has 0 saturated heterocycles. The van der Waals surface area contributed by atoms with E-state index in [1.807, 2.05) is 0 Å². The zero-order valence-corrected chi connectivity index (χ0v) is 8.07. The van der Waals surface area contributed by atoms with E-state index in [0.29, 0.717) is 5.92 Å². The van der Waals surface area contributed by atoms with Gasteiger partial charge in [0, 0.05) is 0 Å². The lowest BCUT2D eigenvalue weighted by molar-refractivity contribution is 0.151. The monoisotopic (exact) mass is 180 g/mol. The van der Waals surface area contributed by atoms with Crippen molar-refractivity contribution in [3.05, 3.63) is 29.8 Å². The average molecular weight is 180 g/mol. The Kier molecular flexibility index (Phi) is 3.32. The number of rotatable bonds is 3. The molecular formula is C11H16O2. The van der Waals surface area contributed by atoms with Gasteiger partial charge in [0.2, 0.25) is 0 Å². The Morgan fingerprint density at radius 3 is 2.15 bits per heavy atom. The smallest absolute Gasteiger partial charge is 0.115 e. The molecule has 0 aromatic heterocycles. The van der Waals surface area contributed by atoms with Crippen LogP contribution in [-0.2, 0) is 0 Å². The van der Waals surface area contributed by atoms with Crippen LogP contribution in [0.15, 0.2) is 24.3 Å². The number of hydrogen-bond acceptors (Lipinski definition) is 2. The Balaban J connectivity index is 2.66. The van der Waals surface area contributed by atoms with Gasteiger partial charge in [-0.3, -0.25) is 0 Å². The number of phenols is 1. The summed E-state index contributed by atoms with van der Waals surface area (Å²) in [7, 11) is 0. The van der Waals surface area contributed by atoms with Gasteiger partial charge in [-0.05, 0) is 30.0 Å². The molecule has 0 fully saturated rings. The van der Waals surface area contributed by atoms with Gasteiger partial charge in [0.25, 0.3) is 0 Å². The summed E-state index contributed by atoms with van der Waals surface area (Å²) in [5.41, 5.74) is 0.867. The maximum atomic E-state index is 9.70. The first-order valence-electron chi connectivity index (χ1n) is 4.56. The summed E-state index contributed by atoms with van der Waals surface area (Å²) in [6.07, 6.45) is 0.339. The van der Waals surface area contributed by atoms with E-state index in [1.54, 1.807) is 24.3 Å². The highest BCUT2D eigenvalue weighted by Crippen LogP contribution is 2.22. The van der Waals surface area contributed by atoms with E-state index in [1.165, 1.54) is 0 Å². The summed E-state index contributed by atoms with van der Waals surface area (Å²) in [5, 5.41) is 18.7. The highest BCUT2D eigenvalue weighted by molar-refractivity contribution is 5.27. The van der Waals surface area contributed by atoms with Crippen LogP contribution in [0.5, 0.6) is 5.75 Å². The maximum Gasteiger partial charge on any atom is 0.115 e. The summed E-state index contributed by atoms with van der Waals surface area (Å²) >= 11 is 0. The summed E-state index contributed by atoms with van der Waals surface area (Å²) in [6.45, 7) is 4.15. The van der Waals surface area contributed by atoms with Crippen LogP contribution in [0.4, 0.5) is 0 Å². The minimum absolute atomic E-state index is 0.237. The molecule has 2 nitrogen and oxygen atoms in total. The predicted octanol–water partition coefficient (Wildman–Crippen LogP) is 2.47. The molecule has 1 aromatic rings. The molecule has 1 unspecified atom stereocenters. The third kappa shape index (κ3) is 3.07. The van der Waals surface area contributed by atoms with Gasteiger partial charge in [-0.1, -0.05) is 26.0 Å². The largest absolute Gasteiger partial charge is 0.508 e. The molecule has 0 saturated carbocycles. The van der Waals surface area contributed by atoms with Crippen LogP contribution in [0.2, 0.25) is 0 Å². The van der Waals surface area contributed by atoms with Crippen LogP contribution in [0, 0.1) is 5.92 Å². The second-order valence-corrected chi connectivity index (χ2v) is 3.74. The SMILES string of the molecule is CC(C)CC(O)c1ccc(O)cc1. The van der Waals surface area contributed by atoms with Crippen LogP contribution in [0.1, 0.15) is 31.9 Å². The Labute approximate surface area is 78.8 Å². The molecule has 0 spiro atoms. The van der Waals surface area contributed by atoms with Crippen molar-refractivity contribution in [1.29, 1.82) is 0 Å². The quantitative estimate of drug-likeness (QED) is 0.750. The van der Waals surface area contributed by atoms with Crippen molar-refractivity contribution in [2.24, 2.45) is 5.92 Å². The van der Waals surface area contributed by atoms with Crippen molar-refractivity contribution in [2.75, 3.05) is 0 Å². The van der Waals surface area contributed by atoms with Crippen molar-refractivity contribution in [1.82, 2.24) is 0 Å². The third-order valence-corrected chi connectivity index (χ3v) is 1.97.